The first-order valence-electron chi connectivity index (χ1n) is 6.79. The van der Waals surface area contributed by atoms with Gasteiger partial charge in [-0.3, -0.25) is 4.79 Å². The minimum Gasteiger partial charge on any atom is -0.466 e. The van der Waals surface area contributed by atoms with Crippen LogP contribution >= 0.6 is 0 Å². The van der Waals surface area contributed by atoms with E-state index in [-0.39, 0.29) is 11.8 Å². The molecule has 0 radical (unpaired) electrons. The van der Waals surface area contributed by atoms with Crippen LogP contribution in [0.4, 0.5) is 0 Å². The molecule has 20 heavy (non-hydrogen) atoms. The molecule has 0 atom stereocenters. The third kappa shape index (κ3) is 3.98. The van der Waals surface area contributed by atoms with E-state index in [9.17, 15) is 4.79 Å². The van der Waals surface area contributed by atoms with Gasteiger partial charge in [0.05, 0.1) is 6.61 Å². The quantitative estimate of drug-likeness (QED) is 0.274. The maximum absolute atomic E-state index is 11.5. The van der Waals surface area contributed by atoms with E-state index in [1.54, 1.807) is 6.92 Å². The molecule has 0 saturated carbocycles. The van der Waals surface area contributed by atoms with Gasteiger partial charge in [0.15, 0.2) is 5.84 Å². The number of carbonyl (C=O) groups excluding carboxylic acids is 1. The zero-order valence-electron chi connectivity index (χ0n) is 12.3. The molecule has 0 aromatic heterocycles. The number of esters is 1. The summed E-state index contributed by atoms with van der Waals surface area (Å²) in [4.78, 5) is 11.5. The molecule has 0 heterocycles. The average Bonchev–Trinajstić information content (AvgIpc) is 2.44. The smallest absolute Gasteiger partial charge is 0.306 e. The maximum atomic E-state index is 11.5. The van der Waals surface area contributed by atoms with Crippen molar-refractivity contribution in [3.05, 3.63) is 34.4 Å². The van der Waals surface area contributed by atoms with E-state index >= 15 is 0 Å². The van der Waals surface area contributed by atoms with Crippen molar-refractivity contribution < 1.29 is 14.7 Å². The highest BCUT2D eigenvalue weighted by atomic mass is 16.5. The van der Waals surface area contributed by atoms with Crippen LogP contribution in [0, 0.1) is 6.92 Å². The van der Waals surface area contributed by atoms with Gasteiger partial charge in [0.25, 0.3) is 0 Å². The highest BCUT2D eigenvalue weighted by Crippen LogP contribution is 2.20. The number of ether oxygens (including phenoxy) is 1. The highest BCUT2D eigenvalue weighted by molar-refractivity contribution is 5.97. The fourth-order valence-electron chi connectivity index (χ4n) is 2.23. The number of hydrogen-bond donors (Lipinski definition) is 2. The number of rotatable bonds is 6. The van der Waals surface area contributed by atoms with Gasteiger partial charge in [-0.1, -0.05) is 12.1 Å². The van der Waals surface area contributed by atoms with Gasteiger partial charge in [0.2, 0.25) is 0 Å². The number of nitrogens with zero attached hydrogens (tertiary/aromatic N) is 1. The minimum absolute atomic E-state index is 0.0970. The molecule has 1 rings (SSSR count). The zero-order chi connectivity index (χ0) is 15.1. The lowest BCUT2D eigenvalue weighted by Crippen LogP contribution is -2.15. The molecule has 3 N–H and O–H groups in total. The minimum atomic E-state index is -0.186. The van der Waals surface area contributed by atoms with Crippen LogP contribution in [0.3, 0.4) is 0 Å². The van der Waals surface area contributed by atoms with Crippen molar-refractivity contribution in [3.63, 3.8) is 0 Å². The summed E-state index contributed by atoms with van der Waals surface area (Å²) in [5.41, 5.74) is 9.60. The maximum Gasteiger partial charge on any atom is 0.306 e. The third-order valence-corrected chi connectivity index (χ3v) is 3.23. The van der Waals surface area contributed by atoms with Crippen molar-refractivity contribution in [2.75, 3.05) is 6.61 Å². The zero-order valence-corrected chi connectivity index (χ0v) is 12.3. The molecule has 0 saturated heterocycles. The monoisotopic (exact) mass is 278 g/mol. The Labute approximate surface area is 119 Å². The predicted molar refractivity (Wildman–Crippen MR) is 78.0 cm³/mol. The number of nitrogens with two attached hydrogens (primary N) is 1. The van der Waals surface area contributed by atoms with Crippen molar-refractivity contribution in [2.45, 2.75) is 40.0 Å². The van der Waals surface area contributed by atoms with E-state index in [1.165, 1.54) is 0 Å². The summed E-state index contributed by atoms with van der Waals surface area (Å²) in [5, 5.41) is 11.8. The van der Waals surface area contributed by atoms with Crippen LogP contribution in [-0.2, 0) is 22.4 Å². The molecule has 0 bridgehead atoms. The summed E-state index contributed by atoms with van der Waals surface area (Å²) >= 11 is 0. The molecule has 0 aliphatic heterocycles. The molecule has 5 nitrogen and oxygen atoms in total. The molecule has 0 aliphatic carbocycles. The van der Waals surface area contributed by atoms with Crippen LogP contribution in [0.25, 0.3) is 0 Å². The van der Waals surface area contributed by atoms with Crippen LogP contribution in [0.2, 0.25) is 0 Å². The Balaban J connectivity index is 2.99. The van der Waals surface area contributed by atoms with Crippen LogP contribution in [-0.4, -0.2) is 23.6 Å². The third-order valence-electron chi connectivity index (χ3n) is 3.23. The second-order valence-electron chi connectivity index (χ2n) is 4.57. The van der Waals surface area contributed by atoms with Crippen molar-refractivity contribution >= 4 is 11.8 Å². The summed E-state index contributed by atoms with van der Waals surface area (Å²) in [6.07, 6.45) is 1.83. The van der Waals surface area contributed by atoms with E-state index in [1.807, 2.05) is 26.0 Å². The van der Waals surface area contributed by atoms with Gasteiger partial charge in [0.1, 0.15) is 0 Å². The van der Waals surface area contributed by atoms with Gasteiger partial charge in [-0.25, -0.2) is 0 Å². The van der Waals surface area contributed by atoms with Crippen LogP contribution in [0.1, 0.15) is 42.5 Å². The van der Waals surface area contributed by atoms with E-state index in [0.29, 0.717) is 25.0 Å². The Morgan fingerprint density at radius 1 is 1.40 bits per heavy atom. The number of aryl methyl sites for hydroxylation is 2. The Morgan fingerprint density at radius 2 is 2.10 bits per heavy atom. The number of oxime groups is 1. The lowest BCUT2D eigenvalue weighted by molar-refractivity contribution is -0.143. The normalized spacial score (nSPS) is 11.4. The Hall–Kier alpha value is -2.04. The molecule has 0 spiro atoms. The van der Waals surface area contributed by atoms with Crippen molar-refractivity contribution in [2.24, 2.45) is 10.9 Å². The lowest BCUT2D eigenvalue weighted by Gasteiger charge is -2.13. The second-order valence-corrected chi connectivity index (χ2v) is 4.57. The molecule has 110 valence electrons. The number of amidine groups is 1. The fraction of sp³-hybridized carbons (Fsp3) is 0.467. The Bertz CT molecular complexity index is 510. The molecule has 1 aromatic carbocycles. The summed E-state index contributed by atoms with van der Waals surface area (Å²) in [6.45, 7) is 6.21. The molecular formula is C15H22N2O3. The fourth-order valence-corrected chi connectivity index (χ4v) is 2.23. The molecule has 0 fully saturated rings. The molecule has 0 aliphatic rings. The molecule has 0 amide bonds. The number of hydrogen-bond acceptors (Lipinski definition) is 4. The number of carbonyl (C=O) groups is 1. The lowest BCUT2D eigenvalue weighted by atomic mass is 9.93. The van der Waals surface area contributed by atoms with Gasteiger partial charge in [0, 0.05) is 12.0 Å². The van der Waals surface area contributed by atoms with E-state index in [2.05, 4.69) is 5.16 Å². The molecular weight excluding hydrogens is 256 g/mol. The van der Waals surface area contributed by atoms with Gasteiger partial charge in [-0.05, 0) is 55.5 Å². The second kappa shape index (κ2) is 7.53. The van der Waals surface area contributed by atoms with Crippen molar-refractivity contribution in [1.82, 2.24) is 0 Å². The Morgan fingerprint density at radius 3 is 2.65 bits per heavy atom. The van der Waals surface area contributed by atoms with Gasteiger partial charge in [-0.15, -0.1) is 0 Å². The SMILES string of the molecule is CCOC(=O)CCc1c(C)cc(/C(N)=N/O)cc1CC. The van der Waals surface area contributed by atoms with E-state index in [4.69, 9.17) is 15.7 Å². The first-order valence-corrected chi connectivity index (χ1v) is 6.79. The van der Waals surface area contributed by atoms with Gasteiger partial charge >= 0.3 is 5.97 Å². The summed E-state index contributed by atoms with van der Waals surface area (Å²) in [7, 11) is 0. The standard InChI is InChI=1S/C15H22N2O3/c1-4-11-9-12(15(16)17-19)8-10(3)13(11)6-7-14(18)20-5-2/h8-9,19H,4-7H2,1-3H3,(H2,16,17). The average molecular weight is 278 g/mol. The van der Waals surface area contributed by atoms with Crippen molar-refractivity contribution in [3.8, 4) is 0 Å². The summed E-state index contributed by atoms with van der Waals surface area (Å²) < 4.78 is 4.95. The molecule has 0 unspecified atom stereocenters. The van der Waals surface area contributed by atoms with Crippen molar-refractivity contribution in [1.29, 1.82) is 0 Å². The number of benzene rings is 1. The molecule has 5 heteroatoms. The van der Waals surface area contributed by atoms with Crippen LogP contribution in [0.15, 0.2) is 17.3 Å². The Kier molecular flexibility index (Phi) is 6.03. The largest absolute Gasteiger partial charge is 0.466 e. The first kappa shape index (κ1) is 16.0. The predicted octanol–water partition coefficient (Wildman–Crippen LogP) is 2.15. The van der Waals surface area contributed by atoms with Gasteiger partial charge < -0.3 is 15.7 Å². The van der Waals surface area contributed by atoms with Crippen LogP contribution in [0.5, 0.6) is 0 Å². The first-order chi connectivity index (χ1) is 9.53. The van der Waals surface area contributed by atoms with E-state index in [0.717, 1.165) is 23.1 Å². The summed E-state index contributed by atoms with van der Waals surface area (Å²) in [5.74, 6) is -0.0887. The van der Waals surface area contributed by atoms with E-state index < -0.39 is 0 Å². The van der Waals surface area contributed by atoms with Crippen LogP contribution < -0.4 is 5.73 Å². The topological polar surface area (TPSA) is 84.9 Å². The summed E-state index contributed by atoms with van der Waals surface area (Å²) in [6, 6.07) is 3.78. The molecule has 1 aromatic rings. The van der Waals surface area contributed by atoms with Gasteiger partial charge in [-0.2, -0.15) is 0 Å². The highest BCUT2D eigenvalue weighted by Gasteiger charge is 2.11.